The summed E-state index contributed by atoms with van der Waals surface area (Å²) in [6.07, 6.45) is 4.65. The Morgan fingerprint density at radius 3 is 3.18 bits per heavy atom. The number of anilines is 1. The van der Waals surface area contributed by atoms with E-state index < -0.39 is 0 Å². The van der Waals surface area contributed by atoms with E-state index in [9.17, 15) is 0 Å². The molecule has 92 valence electrons. The molecule has 0 bridgehead atoms. The molecule has 2 aromatic rings. The van der Waals surface area contributed by atoms with Crippen LogP contribution in [0.1, 0.15) is 13.3 Å². The number of rotatable bonds is 5. The molecule has 0 amide bonds. The van der Waals surface area contributed by atoms with Gasteiger partial charge in [-0.15, -0.1) is 0 Å². The van der Waals surface area contributed by atoms with Crippen molar-refractivity contribution in [3.63, 3.8) is 0 Å². The zero-order valence-electron chi connectivity index (χ0n) is 9.72. The van der Waals surface area contributed by atoms with Crippen LogP contribution >= 0.6 is 23.4 Å². The second-order valence-electron chi connectivity index (χ2n) is 3.76. The molecule has 7 heteroatoms. The molecule has 0 fully saturated rings. The van der Waals surface area contributed by atoms with Gasteiger partial charge in [-0.2, -0.15) is 31.3 Å². The Balaban J connectivity index is 2.19. The summed E-state index contributed by atoms with van der Waals surface area (Å²) in [6.45, 7) is 2.13. The quantitative estimate of drug-likeness (QED) is 0.846. The molecule has 2 heterocycles. The Hall–Kier alpha value is -1.01. The molecule has 0 aromatic carbocycles. The average Bonchev–Trinajstić information content (AvgIpc) is 2.74. The fourth-order valence-electron chi connectivity index (χ4n) is 1.51. The number of thioether (sulfide) groups is 1. The maximum absolute atomic E-state index is 5.93. The first-order valence-electron chi connectivity index (χ1n) is 5.32. The van der Waals surface area contributed by atoms with Gasteiger partial charge < -0.3 is 5.32 Å². The Kier molecular flexibility index (Phi) is 4.06. The lowest BCUT2D eigenvalue weighted by Gasteiger charge is -2.15. The highest BCUT2D eigenvalue weighted by atomic mass is 35.5. The molecule has 0 saturated carbocycles. The SMILES string of the molecule is CSCCC(C)Nc1cc(Cl)nc2ncnn12. The van der Waals surface area contributed by atoms with Crippen LogP contribution in [0.4, 0.5) is 5.82 Å². The molecule has 1 unspecified atom stereocenters. The van der Waals surface area contributed by atoms with Crippen LogP contribution in [0.3, 0.4) is 0 Å². The maximum atomic E-state index is 5.93. The van der Waals surface area contributed by atoms with E-state index >= 15 is 0 Å². The fraction of sp³-hybridized carbons (Fsp3) is 0.500. The molecule has 5 nitrogen and oxygen atoms in total. The number of hydrogen-bond donors (Lipinski definition) is 1. The lowest BCUT2D eigenvalue weighted by molar-refractivity contribution is 0.755. The number of fused-ring (bicyclic) bond motifs is 1. The third kappa shape index (κ3) is 3.01. The van der Waals surface area contributed by atoms with Crippen molar-refractivity contribution in [3.8, 4) is 0 Å². The van der Waals surface area contributed by atoms with Crippen molar-refractivity contribution in [3.05, 3.63) is 17.5 Å². The van der Waals surface area contributed by atoms with E-state index in [-0.39, 0.29) is 0 Å². The number of nitrogens with one attached hydrogen (secondary N) is 1. The highest BCUT2D eigenvalue weighted by Gasteiger charge is 2.08. The van der Waals surface area contributed by atoms with Gasteiger partial charge in [0, 0.05) is 12.1 Å². The summed E-state index contributed by atoms with van der Waals surface area (Å²) >= 11 is 7.77. The van der Waals surface area contributed by atoms with Gasteiger partial charge >= 0.3 is 0 Å². The molecule has 2 aromatic heterocycles. The second kappa shape index (κ2) is 5.55. The predicted octanol–water partition coefficient (Wildman–Crippen LogP) is 2.33. The van der Waals surface area contributed by atoms with Crippen LogP contribution in [0.5, 0.6) is 0 Å². The first-order chi connectivity index (χ1) is 8.20. The molecule has 1 N–H and O–H groups in total. The third-order valence-corrected chi connectivity index (χ3v) is 3.21. The van der Waals surface area contributed by atoms with Crippen LogP contribution < -0.4 is 5.32 Å². The van der Waals surface area contributed by atoms with Crippen molar-refractivity contribution in [2.45, 2.75) is 19.4 Å². The molecular formula is C10H14ClN5S. The minimum absolute atomic E-state index is 0.355. The summed E-state index contributed by atoms with van der Waals surface area (Å²) in [6, 6.07) is 2.12. The summed E-state index contributed by atoms with van der Waals surface area (Å²) in [5.41, 5.74) is 0. The van der Waals surface area contributed by atoms with E-state index in [0.29, 0.717) is 17.0 Å². The Labute approximate surface area is 109 Å². The molecule has 0 radical (unpaired) electrons. The van der Waals surface area contributed by atoms with Gasteiger partial charge in [0.2, 0.25) is 0 Å². The van der Waals surface area contributed by atoms with E-state index in [0.717, 1.165) is 18.0 Å². The van der Waals surface area contributed by atoms with Crippen molar-refractivity contribution >= 4 is 35.0 Å². The lowest BCUT2D eigenvalue weighted by Crippen LogP contribution is -2.18. The summed E-state index contributed by atoms with van der Waals surface area (Å²) in [4.78, 5) is 8.10. The molecule has 17 heavy (non-hydrogen) atoms. The van der Waals surface area contributed by atoms with Crippen LogP contribution in [0.2, 0.25) is 5.15 Å². The van der Waals surface area contributed by atoms with Gasteiger partial charge in [0.1, 0.15) is 17.3 Å². The molecule has 0 aliphatic carbocycles. The van der Waals surface area contributed by atoms with Crippen LogP contribution in [0.25, 0.3) is 5.78 Å². The monoisotopic (exact) mass is 271 g/mol. The average molecular weight is 272 g/mol. The van der Waals surface area contributed by atoms with E-state index in [1.807, 2.05) is 11.8 Å². The highest BCUT2D eigenvalue weighted by molar-refractivity contribution is 7.98. The molecule has 0 spiro atoms. The van der Waals surface area contributed by atoms with E-state index in [1.165, 1.54) is 6.33 Å². The maximum Gasteiger partial charge on any atom is 0.255 e. The predicted molar refractivity (Wildman–Crippen MR) is 71.9 cm³/mol. The first kappa shape index (κ1) is 12.4. The van der Waals surface area contributed by atoms with Gasteiger partial charge in [-0.1, -0.05) is 11.6 Å². The van der Waals surface area contributed by atoms with Gasteiger partial charge in [0.25, 0.3) is 5.78 Å². The summed E-state index contributed by atoms with van der Waals surface area (Å²) < 4.78 is 1.65. The van der Waals surface area contributed by atoms with Crippen LogP contribution in [-0.2, 0) is 0 Å². The van der Waals surface area contributed by atoms with Gasteiger partial charge in [-0.3, -0.25) is 0 Å². The Morgan fingerprint density at radius 2 is 2.41 bits per heavy atom. The molecule has 1 atom stereocenters. The molecular weight excluding hydrogens is 258 g/mol. The number of nitrogens with zero attached hydrogens (tertiary/aromatic N) is 4. The van der Waals surface area contributed by atoms with Gasteiger partial charge in [0.05, 0.1) is 0 Å². The van der Waals surface area contributed by atoms with Crippen LogP contribution in [0, 0.1) is 0 Å². The molecule has 0 aliphatic rings. The molecule has 0 aliphatic heterocycles. The number of hydrogen-bond acceptors (Lipinski definition) is 5. The van der Waals surface area contributed by atoms with E-state index in [2.05, 4.69) is 33.6 Å². The summed E-state index contributed by atoms with van der Waals surface area (Å²) in [7, 11) is 0. The van der Waals surface area contributed by atoms with Crippen molar-refractivity contribution in [1.82, 2.24) is 19.6 Å². The van der Waals surface area contributed by atoms with Crippen LogP contribution in [0.15, 0.2) is 12.4 Å². The van der Waals surface area contributed by atoms with E-state index in [4.69, 9.17) is 11.6 Å². The standard InChI is InChI=1S/C10H14ClN5S/c1-7(3-4-17-2)14-9-5-8(11)15-10-12-6-13-16(9)10/h5-7,14H,3-4H2,1-2H3. The smallest absolute Gasteiger partial charge is 0.255 e. The van der Waals surface area contributed by atoms with Gasteiger partial charge in [0.15, 0.2) is 0 Å². The van der Waals surface area contributed by atoms with Crippen molar-refractivity contribution in [2.24, 2.45) is 0 Å². The molecule has 0 saturated heterocycles. The second-order valence-corrected chi connectivity index (χ2v) is 5.14. The third-order valence-electron chi connectivity index (χ3n) is 2.37. The number of aromatic nitrogens is 4. The van der Waals surface area contributed by atoms with Crippen molar-refractivity contribution in [1.29, 1.82) is 0 Å². The van der Waals surface area contributed by atoms with Crippen LogP contribution in [-0.4, -0.2) is 37.6 Å². The van der Waals surface area contributed by atoms with Gasteiger partial charge in [-0.05, 0) is 25.4 Å². The normalized spacial score (nSPS) is 12.9. The lowest BCUT2D eigenvalue weighted by atomic mass is 10.2. The first-order valence-corrected chi connectivity index (χ1v) is 7.09. The van der Waals surface area contributed by atoms with Crippen molar-refractivity contribution in [2.75, 3.05) is 17.3 Å². The summed E-state index contributed by atoms with van der Waals surface area (Å²) in [5.74, 6) is 2.45. The Morgan fingerprint density at radius 1 is 1.59 bits per heavy atom. The van der Waals surface area contributed by atoms with Gasteiger partial charge in [-0.25, -0.2) is 0 Å². The van der Waals surface area contributed by atoms with E-state index in [1.54, 1.807) is 10.6 Å². The fourth-order valence-corrected chi connectivity index (χ4v) is 2.27. The molecule has 2 rings (SSSR count). The van der Waals surface area contributed by atoms with Crippen molar-refractivity contribution < 1.29 is 0 Å². The zero-order valence-corrected chi connectivity index (χ0v) is 11.3. The minimum atomic E-state index is 0.355. The summed E-state index contributed by atoms with van der Waals surface area (Å²) in [5, 5.41) is 7.90. The largest absolute Gasteiger partial charge is 0.367 e. The number of halogens is 1. The Bertz CT molecular complexity index is 500. The highest BCUT2D eigenvalue weighted by Crippen LogP contribution is 2.16. The zero-order chi connectivity index (χ0) is 12.3. The topological polar surface area (TPSA) is 55.1 Å². The minimum Gasteiger partial charge on any atom is -0.367 e.